The Morgan fingerprint density at radius 1 is 1.22 bits per heavy atom. The van der Waals surface area contributed by atoms with Crippen LogP contribution in [-0.2, 0) is 0 Å². The van der Waals surface area contributed by atoms with Crippen LogP contribution in [0.15, 0.2) is 41.3 Å². The van der Waals surface area contributed by atoms with Crippen molar-refractivity contribution < 1.29 is 9.84 Å². The van der Waals surface area contributed by atoms with E-state index < -0.39 is 0 Å². The topological polar surface area (TPSA) is 41.5 Å². The normalized spacial score (nSPS) is 12.2. The van der Waals surface area contributed by atoms with Crippen molar-refractivity contribution in [3.05, 3.63) is 52.0 Å². The summed E-state index contributed by atoms with van der Waals surface area (Å²) in [7, 11) is 1.54. The molecular weight excluding hydrogens is 353 g/mol. The van der Waals surface area contributed by atoms with Gasteiger partial charge >= 0.3 is 0 Å². The van der Waals surface area contributed by atoms with Gasteiger partial charge in [0.2, 0.25) is 0 Å². The molecule has 0 saturated carbocycles. The predicted octanol–water partition coefficient (Wildman–Crippen LogP) is 5.15. The van der Waals surface area contributed by atoms with Crippen LogP contribution in [0.25, 0.3) is 0 Å². The van der Waals surface area contributed by atoms with E-state index in [4.69, 9.17) is 27.9 Å². The molecule has 0 aliphatic rings. The number of ether oxygens (including phenoxy) is 1. The van der Waals surface area contributed by atoms with Gasteiger partial charge in [0, 0.05) is 28.3 Å². The molecule has 0 spiro atoms. The van der Waals surface area contributed by atoms with Gasteiger partial charge in [0.25, 0.3) is 0 Å². The molecule has 2 rings (SSSR count). The summed E-state index contributed by atoms with van der Waals surface area (Å²) in [5, 5.41) is 14.5. The van der Waals surface area contributed by atoms with Crippen molar-refractivity contribution in [1.82, 2.24) is 5.32 Å². The molecule has 0 aromatic heterocycles. The molecule has 0 radical (unpaired) electrons. The molecule has 0 aliphatic carbocycles. The summed E-state index contributed by atoms with van der Waals surface area (Å²) in [5.74, 6) is 1.51. The number of thioether (sulfide) groups is 1. The highest BCUT2D eigenvalue weighted by Crippen LogP contribution is 2.30. The minimum absolute atomic E-state index is 0.148. The molecule has 1 atom stereocenters. The summed E-state index contributed by atoms with van der Waals surface area (Å²) in [6, 6.07) is 11.0. The molecule has 124 valence electrons. The Hall–Kier alpha value is -1.07. The van der Waals surface area contributed by atoms with Crippen molar-refractivity contribution in [2.24, 2.45) is 0 Å². The fourth-order valence-corrected chi connectivity index (χ4v) is 3.48. The molecule has 2 aromatic carbocycles. The lowest BCUT2D eigenvalue weighted by molar-refractivity contribution is 0.372. The first-order valence-electron chi connectivity index (χ1n) is 7.19. The molecule has 23 heavy (non-hydrogen) atoms. The molecule has 0 amide bonds. The molecule has 0 bridgehead atoms. The standard InChI is InChI=1S/C17H19Cl2NO2S/c1-11(12-3-6-15(21)16(9-12)22-2)20-7-8-23-17-10-13(18)4-5-14(17)19/h3-6,9-11,20-21H,7-8H2,1-2H3. The van der Waals surface area contributed by atoms with Gasteiger partial charge in [-0.2, -0.15) is 0 Å². The first-order chi connectivity index (χ1) is 11.0. The highest BCUT2D eigenvalue weighted by atomic mass is 35.5. The quantitative estimate of drug-likeness (QED) is 0.521. The summed E-state index contributed by atoms with van der Waals surface area (Å²) >= 11 is 13.8. The molecule has 2 aromatic rings. The van der Waals surface area contributed by atoms with Crippen LogP contribution in [0.3, 0.4) is 0 Å². The first kappa shape index (κ1) is 18.3. The lowest BCUT2D eigenvalue weighted by atomic mass is 10.1. The van der Waals surface area contributed by atoms with Gasteiger partial charge < -0.3 is 15.2 Å². The summed E-state index contributed by atoms with van der Waals surface area (Å²) in [5.41, 5.74) is 1.06. The molecule has 3 nitrogen and oxygen atoms in total. The van der Waals surface area contributed by atoms with Gasteiger partial charge in [0.1, 0.15) is 0 Å². The van der Waals surface area contributed by atoms with E-state index >= 15 is 0 Å². The van der Waals surface area contributed by atoms with Gasteiger partial charge in [-0.15, -0.1) is 11.8 Å². The SMILES string of the molecule is COc1cc(C(C)NCCSc2cc(Cl)ccc2Cl)ccc1O. The first-order valence-corrected chi connectivity index (χ1v) is 8.93. The van der Waals surface area contributed by atoms with Crippen molar-refractivity contribution in [3.63, 3.8) is 0 Å². The minimum atomic E-state index is 0.148. The van der Waals surface area contributed by atoms with E-state index in [2.05, 4.69) is 12.2 Å². The molecule has 1 unspecified atom stereocenters. The molecule has 0 aliphatic heterocycles. The maximum Gasteiger partial charge on any atom is 0.160 e. The third kappa shape index (κ3) is 5.21. The second-order valence-corrected chi connectivity index (χ2v) is 7.01. The second kappa shape index (κ2) is 8.69. The predicted molar refractivity (Wildman–Crippen MR) is 98.3 cm³/mol. The largest absolute Gasteiger partial charge is 0.504 e. The summed E-state index contributed by atoms with van der Waals surface area (Å²) < 4.78 is 5.13. The fraction of sp³-hybridized carbons (Fsp3) is 0.294. The molecule has 2 N–H and O–H groups in total. The van der Waals surface area contributed by atoms with Gasteiger partial charge in [-0.05, 0) is 42.8 Å². The lowest BCUT2D eigenvalue weighted by Crippen LogP contribution is -2.21. The van der Waals surface area contributed by atoms with Crippen LogP contribution in [-0.4, -0.2) is 24.5 Å². The second-order valence-electron chi connectivity index (χ2n) is 5.03. The molecular formula is C17H19Cl2NO2S. The van der Waals surface area contributed by atoms with Crippen molar-refractivity contribution in [2.45, 2.75) is 17.9 Å². The average Bonchev–Trinajstić information content (AvgIpc) is 2.54. The molecule has 0 heterocycles. The molecule has 6 heteroatoms. The average molecular weight is 372 g/mol. The smallest absolute Gasteiger partial charge is 0.160 e. The van der Waals surface area contributed by atoms with E-state index in [1.807, 2.05) is 24.3 Å². The van der Waals surface area contributed by atoms with Crippen LogP contribution < -0.4 is 10.1 Å². The summed E-state index contributed by atoms with van der Waals surface area (Å²) in [4.78, 5) is 0.986. The number of hydrogen-bond donors (Lipinski definition) is 2. The van der Waals surface area contributed by atoms with E-state index in [-0.39, 0.29) is 11.8 Å². The Morgan fingerprint density at radius 3 is 2.74 bits per heavy atom. The third-order valence-corrected chi connectivity index (χ3v) is 5.14. The van der Waals surface area contributed by atoms with Crippen LogP contribution >= 0.6 is 35.0 Å². The number of phenols is 1. The van der Waals surface area contributed by atoms with Gasteiger partial charge in [-0.25, -0.2) is 0 Å². The zero-order valence-electron chi connectivity index (χ0n) is 13.0. The van der Waals surface area contributed by atoms with Gasteiger partial charge in [0.05, 0.1) is 12.1 Å². The zero-order chi connectivity index (χ0) is 16.8. The Labute approximate surface area is 151 Å². The lowest BCUT2D eigenvalue weighted by Gasteiger charge is -2.15. The van der Waals surface area contributed by atoms with E-state index in [9.17, 15) is 5.11 Å². The van der Waals surface area contributed by atoms with Crippen LogP contribution in [0.4, 0.5) is 0 Å². The maximum atomic E-state index is 9.63. The van der Waals surface area contributed by atoms with Crippen LogP contribution in [0, 0.1) is 0 Å². The van der Waals surface area contributed by atoms with Gasteiger partial charge in [-0.3, -0.25) is 0 Å². The Morgan fingerprint density at radius 2 is 2.00 bits per heavy atom. The molecule has 0 saturated heterocycles. The van der Waals surface area contributed by atoms with Crippen molar-refractivity contribution in [3.8, 4) is 11.5 Å². The van der Waals surface area contributed by atoms with Gasteiger partial charge in [0.15, 0.2) is 11.5 Å². The van der Waals surface area contributed by atoms with Crippen LogP contribution in [0.2, 0.25) is 10.0 Å². The fourth-order valence-electron chi connectivity index (χ4n) is 2.11. The monoisotopic (exact) mass is 371 g/mol. The summed E-state index contributed by atoms with van der Waals surface area (Å²) in [6.07, 6.45) is 0. The summed E-state index contributed by atoms with van der Waals surface area (Å²) in [6.45, 7) is 2.89. The minimum Gasteiger partial charge on any atom is -0.504 e. The van der Waals surface area contributed by atoms with E-state index in [1.165, 1.54) is 0 Å². The van der Waals surface area contributed by atoms with Crippen molar-refractivity contribution >= 4 is 35.0 Å². The number of halogens is 2. The highest BCUT2D eigenvalue weighted by Gasteiger charge is 2.09. The number of phenolic OH excluding ortho intramolecular Hbond substituents is 1. The Bertz CT molecular complexity index is 667. The van der Waals surface area contributed by atoms with E-state index in [0.29, 0.717) is 10.8 Å². The van der Waals surface area contributed by atoms with Crippen LogP contribution in [0.1, 0.15) is 18.5 Å². The number of benzene rings is 2. The number of methoxy groups -OCH3 is 1. The maximum absolute atomic E-state index is 9.63. The number of rotatable bonds is 7. The van der Waals surface area contributed by atoms with E-state index in [1.54, 1.807) is 31.0 Å². The Balaban J connectivity index is 1.85. The number of hydrogen-bond acceptors (Lipinski definition) is 4. The third-order valence-electron chi connectivity index (χ3n) is 3.41. The number of nitrogens with one attached hydrogen (secondary N) is 1. The number of aromatic hydroxyl groups is 1. The van der Waals surface area contributed by atoms with Crippen LogP contribution in [0.5, 0.6) is 11.5 Å². The van der Waals surface area contributed by atoms with E-state index in [0.717, 1.165) is 27.8 Å². The van der Waals surface area contributed by atoms with Gasteiger partial charge in [-0.1, -0.05) is 29.3 Å². The van der Waals surface area contributed by atoms with Crippen molar-refractivity contribution in [2.75, 3.05) is 19.4 Å². The van der Waals surface area contributed by atoms with Crippen molar-refractivity contribution in [1.29, 1.82) is 0 Å². The molecule has 0 fully saturated rings. The Kier molecular flexibility index (Phi) is 6.90. The zero-order valence-corrected chi connectivity index (χ0v) is 15.3. The highest BCUT2D eigenvalue weighted by molar-refractivity contribution is 7.99.